The number of para-hydroxylation sites is 1. The van der Waals surface area contributed by atoms with E-state index in [-0.39, 0.29) is 17.2 Å². The second kappa shape index (κ2) is 5.33. The number of carbonyl (C=O) groups excluding carboxylic acids is 1. The topological polar surface area (TPSA) is 49.3 Å². The normalized spacial score (nSPS) is 23.1. The summed E-state index contributed by atoms with van der Waals surface area (Å²) in [5.74, 6) is 0.144. The molecule has 1 aliphatic carbocycles. The Morgan fingerprint density at radius 3 is 2.68 bits per heavy atom. The van der Waals surface area contributed by atoms with Crippen LogP contribution in [0.4, 0.5) is 5.69 Å². The Kier molecular flexibility index (Phi) is 3.95. The molecule has 2 unspecified atom stereocenters. The summed E-state index contributed by atoms with van der Waals surface area (Å²) in [7, 11) is 0. The van der Waals surface area contributed by atoms with Crippen molar-refractivity contribution in [2.24, 2.45) is 11.3 Å². The van der Waals surface area contributed by atoms with E-state index in [1.807, 2.05) is 24.3 Å². The van der Waals surface area contributed by atoms with E-state index in [4.69, 9.17) is 0 Å². The van der Waals surface area contributed by atoms with Gasteiger partial charge in [0.1, 0.15) is 0 Å². The van der Waals surface area contributed by atoms with Gasteiger partial charge in [-0.05, 0) is 31.2 Å². The Morgan fingerprint density at radius 2 is 2.11 bits per heavy atom. The number of hydrogen-bond donors (Lipinski definition) is 2. The standard InChI is InChI=1S/C16H23NO2/c1-11(18)12-7-4-5-9-14(12)17-15(19)13-8-6-10-16(13,2)3/h4-5,7,9,11,13,18H,6,8,10H2,1-3H3,(H,17,19). The van der Waals surface area contributed by atoms with Crippen molar-refractivity contribution in [2.45, 2.75) is 46.1 Å². The van der Waals surface area contributed by atoms with Crippen LogP contribution in [-0.4, -0.2) is 11.0 Å². The molecular formula is C16H23NO2. The monoisotopic (exact) mass is 261 g/mol. The van der Waals surface area contributed by atoms with Crippen LogP contribution in [0.3, 0.4) is 0 Å². The van der Waals surface area contributed by atoms with Gasteiger partial charge in [0.2, 0.25) is 5.91 Å². The van der Waals surface area contributed by atoms with E-state index >= 15 is 0 Å². The number of benzene rings is 1. The lowest BCUT2D eigenvalue weighted by Crippen LogP contribution is -2.31. The van der Waals surface area contributed by atoms with Gasteiger partial charge in [0.15, 0.2) is 0 Å². The first-order chi connectivity index (χ1) is 8.92. The molecule has 1 fully saturated rings. The van der Waals surface area contributed by atoms with Crippen LogP contribution in [0.25, 0.3) is 0 Å². The van der Waals surface area contributed by atoms with Gasteiger partial charge in [0.25, 0.3) is 0 Å². The van der Waals surface area contributed by atoms with Crippen molar-refractivity contribution in [1.82, 2.24) is 0 Å². The molecule has 3 heteroatoms. The summed E-state index contributed by atoms with van der Waals surface area (Å²) in [6.07, 6.45) is 2.59. The van der Waals surface area contributed by atoms with Gasteiger partial charge in [-0.2, -0.15) is 0 Å². The molecule has 2 atom stereocenters. The molecule has 1 amide bonds. The van der Waals surface area contributed by atoms with Crippen molar-refractivity contribution in [3.63, 3.8) is 0 Å². The molecule has 1 aromatic rings. The zero-order chi connectivity index (χ0) is 14.0. The van der Waals surface area contributed by atoms with Gasteiger partial charge in [0.05, 0.1) is 6.10 Å². The van der Waals surface area contributed by atoms with Crippen molar-refractivity contribution in [1.29, 1.82) is 0 Å². The molecule has 2 N–H and O–H groups in total. The summed E-state index contributed by atoms with van der Waals surface area (Å²) in [6.45, 7) is 6.03. The molecule has 2 rings (SSSR count). The van der Waals surface area contributed by atoms with E-state index in [1.165, 1.54) is 0 Å². The quantitative estimate of drug-likeness (QED) is 0.874. The summed E-state index contributed by atoms with van der Waals surface area (Å²) in [4.78, 5) is 12.4. The first-order valence-corrected chi connectivity index (χ1v) is 6.99. The van der Waals surface area contributed by atoms with Gasteiger partial charge >= 0.3 is 0 Å². The summed E-state index contributed by atoms with van der Waals surface area (Å²) < 4.78 is 0. The zero-order valence-electron chi connectivity index (χ0n) is 11.9. The maximum Gasteiger partial charge on any atom is 0.228 e. The molecule has 0 aromatic heterocycles. The summed E-state index contributed by atoms with van der Waals surface area (Å²) in [5, 5.41) is 12.7. The minimum atomic E-state index is -0.576. The molecule has 1 aliphatic rings. The van der Waals surface area contributed by atoms with Gasteiger partial charge in [-0.3, -0.25) is 4.79 Å². The second-order valence-electron chi connectivity index (χ2n) is 6.19. The Balaban J connectivity index is 2.16. The zero-order valence-corrected chi connectivity index (χ0v) is 11.9. The van der Waals surface area contributed by atoms with E-state index in [2.05, 4.69) is 19.2 Å². The number of nitrogens with one attached hydrogen (secondary N) is 1. The first kappa shape index (κ1) is 14.1. The molecule has 1 aromatic carbocycles. The molecule has 0 heterocycles. The van der Waals surface area contributed by atoms with Crippen molar-refractivity contribution < 1.29 is 9.90 Å². The first-order valence-electron chi connectivity index (χ1n) is 6.99. The van der Waals surface area contributed by atoms with Crippen molar-refractivity contribution in [3.05, 3.63) is 29.8 Å². The average molecular weight is 261 g/mol. The van der Waals surface area contributed by atoms with Crippen molar-refractivity contribution >= 4 is 11.6 Å². The second-order valence-corrected chi connectivity index (χ2v) is 6.19. The van der Waals surface area contributed by atoms with E-state index < -0.39 is 6.10 Å². The van der Waals surface area contributed by atoms with Crippen LogP contribution in [0.2, 0.25) is 0 Å². The summed E-state index contributed by atoms with van der Waals surface area (Å²) in [5.41, 5.74) is 1.57. The van der Waals surface area contributed by atoms with E-state index in [1.54, 1.807) is 6.92 Å². The maximum absolute atomic E-state index is 12.4. The fourth-order valence-corrected chi connectivity index (χ4v) is 3.01. The molecule has 0 aliphatic heterocycles. The number of aliphatic hydroxyl groups excluding tert-OH is 1. The van der Waals surface area contributed by atoms with Crippen LogP contribution in [0.5, 0.6) is 0 Å². The molecule has 0 bridgehead atoms. The minimum Gasteiger partial charge on any atom is -0.389 e. The van der Waals surface area contributed by atoms with Gasteiger partial charge in [-0.1, -0.05) is 38.5 Å². The van der Waals surface area contributed by atoms with Gasteiger partial charge in [0, 0.05) is 17.2 Å². The third-order valence-electron chi connectivity index (χ3n) is 4.24. The maximum atomic E-state index is 12.4. The average Bonchev–Trinajstić information content (AvgIpc) is 2.69. The van der Waals surface area contributed by atoms with Crippen LogP contribution in [0, 0.1) is 11.3 Å². The molecule has 0 saturated heterocycles. The van der Waals surface area contributed by atoms with Crippen LogP contribution in [-0.2, 0) is 4.79 Å². The molecule has 1 saturated carbocycles. The molecular weight excluding hydrogens is 238 g/mol. The smallest absolute Gasteiger partial charge is 0.228 e. The third kappa shape index (κ3) is 2.98. The Morgan fingerprint density at radius 1 is 1.42 bits per heavy atom. The van der Waals surface area contributed by atoms with Crippen molar-refractivity contribution in [2.75, 3.05) is 5.32 Å². The van der Waals surface area contributed by atoms with Crippen molar-refractivity contribution in [3.8, 4) is 0 Å². The summed E-state index contributed by atoms with van der Waals surface area (Å²) >= 11 is 0. The van der Waals surface area contributed by atoms with E-state index in [9.17, 15) is 9.90 Å². The lowest BCUT2D eigenvalue weighted by Gasteiger charge is -2.26. The highest BCUT2D eigenvalue weighted by atomic mass is 16.3. The van der Waals surface area contributed by atoms with Crippen LogP contribution in [0.1, 0.15) is 51.7 Å². The number of aliphatic hydroxyl groups is 1. The molecule has 104 valence electrons. The number of hydrogen-bond acceptors (Lipinski definition) is 2. The largest absolute Gasteiger partial charge is 0.389 e. The lowest BCUT2D eigenvalue weighted by molar-refractivity contribution is -0.122. The number of amides is 1. The van der Waals surface area contributed by atoms with E-state index in [0.29, 0.717) is 0 Å². The minimum absolute atomic E-state index is 0.0644. The lowest BCUT2D eigenvalue weighted by atomic mass is 9.81. The van der Waals surface area contributed by atoms with Gasteiger partial charge in [-0.25, -0.2) is 0 Å². The molecule has 0 spiro atoms. The Hall–Kier alpha value is -1.35. The Bertz CT molecular complexity index is 466. The molecule has 3 nitrogen and oxygen atoms in total. The highest BCUT2D eigenvalue weighted by Crippen LogP contribution is 2.43. The molecule has 0 radical (unpaired) electrons. The highest BCUT2D eigenvalue weighted by Gasteiger charge is 2.39. The van der Waals surface area contributed by atoms with Gasteiger partial charge < -0.3 is 10.4 Å². The fourth-order valence-electron chi connectivity index (χ4n) is 3.01. The Labute approximate surface area is 115 Å². The molecule has 19 heavy (non-hydrogen) atoms. The predicted molar refractivity (Wildman–Crippen MR) is 76.8 cm³/mol. The SMILES string of the molecule is CC(O)c1ccccc1NC(=O)C1CCCC1(C)C. The van der Waals surface area contributed by atoms with E-state index in [0.717, 1.165) is 30.5 Å². The number of anilines is 1. The number of carbonyl (C=O) groups is 1. The number of rotatable bonds is 3. The van der Waals surface area contributed by atoms with Crippen LogP contribution in [0.15, 0.2) is 24.3 Å². The van der Waals surface area contributed by atoms with Gasteiger partial charge in [-0.15, -0.1) is 0 Å². The third-order valence-corrected chi connectivity index (χ3v) is 4.24. The fraction of sp³-hybridized carbons (Fsp3) is 0.562. The van der Waals surface area contributed by atoms with Crippen LogP contribution >= 0.6 is 0 Å². The summed E-state index contributed by atoms with van der Waals surface area (Å²) in [6, 6.07) is 7.44. The van der Waals surface area contributed by atoms with Crippen LogP contribution < -0.4 is 5.32 Å². The highest BCUT2D eigenvalue weighted by molar-refractivity contribution is 5.94. The predicted octanol–water partition coefficient (Wildman–Crippen LogP) is 3.50.